The van der Waals surface area contributed by atoms with Crippen molar-refractivity contribution in [1.82, 2.24) is 15.1 Å². The number of piperidine rings is 1. The molecule has 9 heteroatoms. The van der Waals surface area contributed by atoms with Crippen molar-refractivity contribution in [3.8, 4) is 0 Å². The monoisotopic (exact) mass is 474 g/mol. The molecule has 34 heavy (non-hydrogen) atoms. The summed E-state index contributed by atoms with van der Waals surface area (Å²) in [5, 5.41) is 5.34. The molecule has 3 amide bonds. The summed E-state index contributed by atoms with van der Waals surface area (Å²) in [4.78, 5) is 38.6. The summed E-state index contributed by atoms with van der Waals surface area (Å²) < 4.78 is 83.3. The number of morpholine rings is 1. The molecule has 2 aromatic carbocycles. The molecule has 5 rings (SSSR count). The van der Waals surface area contributed by atoms with Gasteiger partial charge in [0.1, 0.15) is 11.9 Å². The number of nitrogens with zero attached hydrogens (tertiary/aromatic N) is 2. The van der Waals surface area contributed by atoms with Crippen molar-refractivity contribution in [2.24, 2.45) is 0 Å². The topological polar surface area (TPSA) is 91.0 Å². The Bertz CT molecular complexity index is 1450. The van der Waals surface area contributed by atoms with Gasteiger partial charge in [-0.1, -0.05) is 18.2 Å². The van der Waals surface area contributed by atoms with Gasteiger partial charge in [-0.15, -0.1) is 0 Å². The molecule has 3 aliphatic rings. The lowest BCUT2D eigenvalue weighted by atomic mass is 10.0. The molecule has 0 bridgehead atoms. The Morgan fingerprint density at radius 1 is 1.18 bits per heavy atom. The molecule has 0 spiro atoms. The molecule has 2 saturated heterocycles. The minimum absolute atomic E-state index is 0.0283. The Hall–Kier alpha value is -3.30. The summed E-state index contributed by atoms with van der Waals surface area (Å²) in [6.45, 7) is -13.1. The van der Waals surface area contributed by atoms with Crippen LogP contribution in [-0.4, -0.2) is 59.7 Å². The zero-order valence-electron chi connectivity index (χ0n) is 26.0. The lowest BCUT2D eigenvalue weighted by molar-refractivity contribution is -0.136. The van der Waals surface area contributed by atoms with E-state index < -0.39 is 50.4 Å². The Kier molecular flexibility index (Phi) is 4.16. The molecule has 3 heterocycles. The van der Waals surface area contributed by atoms with Crippen LogP contribution in [0.25, 0.3) is 0 Å². The normalized spacial score (nSPS) is 30.3. The van der Waals surface area contributed by atoms with Gasteiger partial charge in [0.25, 0.3) is 5.91 Å². The van der Waals surface area contributed by atoms with Crippen molar-refractivity contribution in [3.63, 3.8) is 0 Å². The highest BCUT2D eigenvalue weighted by atomic mass is 19.1. The van der Waals surface area contributed by atoms with E-state index in [0.29, 0.717) is 21.7 Å². The van der Waals surface area contributed by atoms with Crippen LogP contribution in [0.1, 0.15) is 50.9 Å². The molecular formula is C25H27FN4O4. The molecule has 2 fully saturated rings. The fourth-order valence-corrected chi connectivity index (χ4v) is 4.25. The van der Waals surface area contributed by atoms with Gasteiger partial charge in [0.05, 0.1) is 18.6 Å². The minimum atomic E-state index is -3.20. The fourth-order valence-electron chi connectivity index (χ4n) is 4.25. The summed E-state index contributed by atoms with van der Waals surface area (Å²) in [6.07, 6.45) is 0.338. The van der Waals surface area contributed by atoms with E-state index in [2.05, 4.69) is 15.4 Å². The van der Waals surface area contributed by atoms with Gasteiger partial charge in [-0.05, 0) is 30.2 Å². The van der Waals surface area contributed by atoms with Crippen LogP contribution < -0.4 is 10.6 Å². The number of carbonyl (C=O) groups excluding carboxylic acids is 3. The number of anilines is 1. The maximum absolute atomic E-state index is 15.2. The van der Waals surface area contributed by atoms with Gasteiger partial charge in [-0.3, -0.25) is 24.6 Å². The van der Waals surface area contributed by atoms with Crippen molar-refractivity contribution in [2.75, 3.05) is 31.4 Å². The van der Waals surface area contributed by atoms with E-state index in [4.69, 9.17) is 11.0 Å². The van der Waals surface area contributed by atoms with Crippen LogP contribution in [0.4, 0.5) is 10.1 Å². The van der Waals surface area contributed by atoms with Gasteiger partial charge >= 0.3 is 0 Å². The third-order valence-corrected chi connectivity index (χ3v) is 5.97. The molecule has 0 aromatic heterocycles. The van der Waals surface area contributed by atoms with Crippen molar-refractivity contribution >= 4 is 23.4 Å². The first kappa shape index (κ1) is 14.9. The molecule has 2 aromatic rings. The number of rotatable bonds is 6. The molecule has 2 N–H and O–H groups in total. The van der Waals surface area contributed by atoms with Crippen molar-refractivity contribution in [1.29, 1.82) is 0 Å². The SMILES string of the molecule is [2H]C1([2H])OC([2H])([2H])C([2H])([2H])N(Cc2ccc(CNc3cccc4c3CN([C@@H]3CCC(=O)NC3=O)C4=O)c(F)c2)C1([2H])[2H]. The van der Waals surface area contributed by atoms with Crippen LogP contribution in [0, 0.1) is 5.82 Å². The zero-order valence-corrected chi connectivity index (χ0v) is 18.0. The highest BCUT2D eigenvalue weighted by Gasteiger charge is 2.39. The van der Waals surface area contributed by atoms with E-state index in [9.17, 15) is 14.4 Å². The second-order valence-corrected chi connectivity index (χ2v) is 8.13. The van der Waals surface area contributed by atoms with Crippen LogP contribution in [0.3, 0.4) is 0 Å². The average molecular weight is 475 g/mol. The van der Waals surface area contributed by atoms with E-state index in [0.717, 1.165) is 6.07 Å². The number of imide groups is 1. The van der Waals surface area contributed by atoms with Gasteiger partial charge in [0, 0.05) is 66.9 Å². The predicted molar refractivity (Wildman–Crippen MR) is 122 cm³/mol. The predicted octanol–water partition coefficient (Wildman–Crippen LogP) is 2.03. The lowest BCUT2D eigenvalue weighted by Crippen LogP contribution is -2.52. The molecule has 0 aliphatic carbocycles. The van der Waals surface area contributed by atoms with Crippen LogP contribution in [0.15, 0.2) is 36.4 Å². The average Bonchev–Trinajstić information content (AvgIpc) is 3.22. The quantitative estimate of drug-likeness (QED) is 0.623. The van der Waals surface area contributed by atoms with Crippen molar-refractivity contribution in [2.45, 2.75) is 38.5 Å². The van der Waals surface area contributed by atoms with Gasteiger partial charge in [-0.25, -0.2) is 4.39 Å². The zero-order chi connectivity index (χ0) is 30.8. The number of ether oxygens (including phenoxy) is 1. The van der Waals surface area contributed by atoms with Crippen LogP contribution in [0.2, 0.25) is 0 Å². The second-order valence-electron chi connectivity index (χ2n) is 8.13. The molecule has 178 valence electrons. The van der Waals surface area contributed by atoms with Gasteiger partial charge in [0.2, 0.25) is 11.8 Å². The maximum atomic E-state index is 15.2. The number of benzene rings is 2. The number of nitrogens with one attached hydrogen (secondary N) is 2. The second kappa shape index (κ2) is 9.52. The number of fused-ring (bicyclic) bond motifs is 1. The minimum Gasteiger partial charge on any atom is -0.381 e. The largest absolute Gasteiger partial charge is 0.381 e. The fraction of sp³-hybridized carbons (Fsp3) is 0.400. The molecule has 0 saturated carbocycles. The standard InChI is InChI=1S/C25H27FN4O4/c26-20-12-16(14-29-8-10-34-11-9-29)4-5-17(20)13-27-21-3-1-2-18-19(21)15-30(25(18)33)22-6-7-23(31)28-24(22)32/h1-5,12,22,27H,6-11,13-15H2,(H,28,31,32)/t22-/m1/s1/i8D2,9D2,10D2,11D2. The summed E-state index contributed by atoms with van der Waals surface area (Å²) in [5.74, 6) is -2.00. The third kappa shape index (κ3) is 4.53. The van der Waals surface area contributed by atoms with Crippen LogP contribution in [0.5, 0.6) is 0 Å². The van der Waals surface area contributed by atoms with E-state index in [-0.39, 0.29) is 48.9 Å². The van der Waals surface area contributed by atoms with E-state index in [1.165, 1.54) is 17.0 Å². The Morgan fingerprint density at radius 3 is 2.76 bits per heavy atom. The molecule has 1 atom stereocenters. The molecule has 0 radical (unpaired) electrons. The van der Waals surface area contributed by atoms with Crippen molar-refractivity contribution < 1.29 is 34.5 Å². The maximum Gasteiger partial charge on any atom is 0.255 e. The number of hydrogen-bond acceptors (Lipinski definition) is 6. The Labute approximate surface area is 208 Å². The number of carbonyl (C=O) groups is 3. The van der Waals surface area contributed by atoms with Crippen LogP contribution in [-0.2, 0) is 34.0 Å². The number of amides is 3. The molecule has 3 aliphatic heterocycles. The highest BCUT2D eigenvalue weighted by Crippen LogP contribution is 2.32. The Balaban J connectivity index is 1.31. The smallest absolute Gasteiger partial charge is 0.255 e. The first-order valence-corrected chi connectivity index (χ1v) is 10.7. The van der Waals surface area contributed by atoms with Crippen LogP contribution >= 0.6 is 0 Å². The summed E-state index contributed by atoms with van der Waals surface area (Å²) in [7, 11) is 0. The first-order valence-electron chi connectivity index (χ1n) is 14.7. The van der Waals surface area contributed by atoms with Gasteiger partial charge in [0.15, 0.2) is 0 Å². The van der Waals surface area contributed by atoms with E-state index in [1.54, 1.807) is 18.2 Å². The third-order valence-electron chi connectivity index (χ3n) is 5.97. The van der Waals surface area contributed by atoms with Crippen molar-refractivity contribution in [3.05, 3.63) is 64.5 Å². The van der Waals surface area contributed by atoms with Gasteiger partial charge in [-0.2, -0.15) is 0 Å². The molecule has 8 nitrogen and oxygen atoms in total. The van der Waals surface area contributed by atoms with E-state index >= 15 is 4.39 Å². The molecular weight excluding hydrogens is 439 g/mol. The number of halogens is 1. The van der Waals surface area contributed by atoms with E-state index in [1.807, 2.05) is 0 Å². The van der Waals surface area contributed by atoms with Gasteiger partial charge < -0.3 is 15.0 Å². The summed E-state index contributed by atoms with van der Waals surface area (Å²) in [5.41, 5.74) is 1.79. The lowest BCUT2D eigenvalue weighted by Gasteiger charge is -2.29. The first-order chi connectivity index (χ1) is 19.5. The molecule has 0 unspecified atom stereocenters. The number of hydrogen-bond donors (Lipinski definition) is 2. The highest BCUT2D eigenvalue weighted by molar-refractivity contribution is 6.06. The summed E-state index contributed by atoms with van der Waals surface area (Å²) in [6, 6.07) is 8.01. The summed E-state index contributed by atoms with van der Waals surface area (Å²) >= 11 is 0. The Morgan fingerprint density at radius 2 is 2.00 bits per heavy atom.